The van der Waals surface area contributed by atoms with Crippen LogP contribution >= 0.6 is 11.3 Å². The number of nitrogens with zero attached hydrogens (tertiary/aromatic N) is 1. The summed E-state index contributed by atoms with van der Waals surface area (Å²) in [4.78, 5) is 14.7. The predicted molar refractivity (Wildman–Crippen MR) is 108 cm³/mol. The maximum Gasteiger partial charge on any atom is 0.288 e. The molecule has 0 saturated carbocycles. The molecule has 0 radical (unpaired) electrons. The molecule has 2 atom stereocenters. The van der Waals surface area contributed by atoms with Crippen LogP contribution < -0.4 is 0 Å². The minimum absolute atomic E-state index is 0.0293. The van der Waals surface area contributed by atoms with Gasteiger partial charge in [0.25, 0.3) is 5.91 Å². The average molecular weight is 400 g/mol. The molecule has 5 nitrogen and oxygen atoms in total. The lowest BCUT2D eigenvalue weighted by Crippen LogP contribution is -2.34. The van der Waals surface area contributed by atoms with Gasteiger partial charge in [0.15, 0.2) is 5.76 Å². The highest BCUT2D eigenvalue weighted by Crippen LogP contribution is 2.33. The van der Waals surface area contributed by atoms with Crippen LogP contribution in [-0.4, -0.2) is 35.3 Å². The van der Waals surface area contributed by atoms with E-state index >= 15 is 0 Å². The summed E-state index contributed by atoms with van der Waals surface area (Å²) in [7, 11) is 0. The molecule has 4 rings (SSSR count). The number of thiophene rings is 1. The number of carbonyl (C=O) groups is 1. The number of aliphatic hydroxyl groups excluding tert-OH is 1. The summed E-state index contributed by atoms with van der Waals surface area (Å²) in [6.45, 7) is 2.02. The van der Waals surface area contributed by atoms with Crippen LogP contribution in [-0.2, 0) is 27.5 Å². The summed E-state index contributed by atoms with van der Waals surface area (Å²) in [5, 5.41) is 13.3. The molecule has 0 unspecified atom stereocenters. The van der Waals surface area contributed by atoms with Crippen molar-refractivity contribution in [1.82, 2.24) is 4.90 Å². The Hall–Kier alpha value is -2.15. The van der Waals surface area contributed by atoms with Crippen LogP contribution in [0.4, 0.5) is 0 Å². The molecule has 1 N–H and O–H groups in total. The van der Waals surface area contributed by atoms with Crippen molar-refractivity contribution in [2.24, 2.45) is 0 Å². The van der Waals surface area contributed by atoms with E-state index in [4.69, 9.17) is 14.6 Å². The first kappa shape index (κ1) is 19.2. The van der Waals surface area contributed by atoms with E-state index in [1.807, 2.05) is 35.2 Å². The minimum atomic E-state index is -0.464. The predicted octanol–water partition coefficient (Wildman–Crippen LogP) is 3.79. The topological polar surface area (TPSA) is 59.0 Å². The van der Waals surface area contributed by atoms with E-state index < -0.39 is 6.29 Å². The van der Waals surface area contributed by atoms with E-state index in [0.717, 1.165) is 37.1 Å². The number of allylic oxidation sites excluding steroid dienone is 1. The Morgan fingerprint density at radius 3 is 2.61 bits per heavy atom. The summed E-state index contributed by atoms with van der Waals surface area (Å²) < 4.78 is 12.0. The minimum Gasteiger partial charge on any atom is -0.459 e. The van der Waals surface area contributed by atoms with E-state index in [9.17, 15) is 4.79 Å². The Bertz CT molecular complexity index is 810. The van der Waals surface area contributed by atoms with Crippen LogP contribution in [0.25, 0.3) is 0 Å². The Morgan fingerprint density at radius 1 is 1.18 bits per heavy atom. The first-order valence-electron chi connectivity index (χ1n) is 9.73. The second kappa shape index (κ2) is 8.90. The van der Waals surface area contributed by atoms with Gasteiger partial charge in [0.1, 0.15) is 0 Å². The molecule has 28 heavy (non-hydrogen) atoms. The molecule has 2 aromatic rings. The Morgan fingerprint density at radius 2 is 1.93 bits per heavy atom. The highest BCUT2D eigenvalue weighted by Gasteiger charge is 2.32. The zero-order valence-corrected chi connectivity index (χ0v) is 16.6. The third-order valence-electron chi connectivity index (χ3n) is 5.27. The van der Waals surface area contributed by atoms with Gasteiger partial charge in [-0.25, -0.2) is 0 Å². The molecule has 1 amide bonds. The van der Waals surface area contributed by atoms with Gasteiger partial charge in [-0.15, -0.1) is 0 Å². The molecule has 1 aromatic heterocycles. The maximum absolute atomic E-state index is 12.9. The third-order valence-corrected chi connectivity index (χ3v) is 5.98. The number of aliphatic hydroxyl groups is 1. The number of ether oxygens (including phenoxy) is 2. The molecule has 1 aromatic carbocycles. The molecule has 6 heteroatoms. The molecule has 0 aliphatic carbocycles. The number of benzene rings is 1. The average Bonchev–Trinajstić information content (AvgIpc) is 3.46. The zero-order valence-electron chi connectivity index (χ0n) is 15.8. The van der Waals surface area contributed by atoms with E-state index in [1.165, 1.54) is 5.56 Å². The van der Waals surface area contributed by atoms with Crippen LogP contribution in [0.15, 0.2) is 52.9 Å². The normalized spacial score (nSPS) is 22.0. The molecule has 0 bridgehead atoms. The van der Waals surface area contributed by atoms with Gasteiger partial charge in [-0.2, -0.15) is 11.3 Å². The Kier molecular flexibility index (Phi) is 6.10. The Labute approximate surface area is 169 Å². The number of hydrogen-bond acceptors (Lipinski definition) is 5. The fourth-order valence-electron chi connectivity index (χ4n) is 3.64. The van der Waals surface area contributed by atoms with Crippen LogP contribution in [0.5, 0.6) is 0 Å². The maximum atomic E-state index is 12.9. The largest absolute Gasteiger partial charge is 0.459 e. The number of amides is 1. The lowest BCUT2D eigenvalue weighted by atomic mass is 9.95. The first-order chi connectivity index (χ1) is 13.7. The fraction of sp³-hybridized carbons (Fsp3) is 0.409. The van der Waals surface area contributed by atoms with E-state index in [2.05, 4.69) is 16.8 Å². The first-order valence-corrected chi connectivity index (χ1v) is 10.7. The summed E-state index contributed by atoms with van der Waals surface area (Å²) in [6.07, 6.45) is 4.28. The molecule has 1 fully saturated rings. The summed E-state index contributed by atoms with van der Waals surface area (Å²) in [6, 6.07) is 9.75. The molecule has 3 heterocycles. The molecular weight excluding hydrogens is 374 g/mol. The van der Waals surface area contributed by atoms with Gasteiger partial charge in [0.2, 0.25) is 6.29 Å². The Balaban J connectivity index is 1.46. The molecular formula is C22H25NO4S. The van der Waals surface area contributed by atoms with Gasteiger partial charge in [-0.3, -0.25) is 4.79 Å². The monoisotopic (exact) mass is 399 g/mol. The smallest absolute Gasteiger partial charge is 0.288 e. The molecule has 1 saturated heterocycles. The van der Waals surface area contributed by atoms with Crippen molar-refractivity contribution < 1.29 is 19.4 Å². The van der Waals surface area contributed by atoms with Crippen LogP contribution in [0, 0.1) is 0 Å². The van der Waals surface area contributed by atoms with Crippen molar-refractivity contribution in [2.75, 3.05) is 13.1 Å². The van der Waals surface area contributed by atoms with Crippen LogP contribution in [0.2, 0.25) is 0 Å². The lowest BCUT2D eigenvalue weighted by Gasteiger charge is -2.30. The van der Waals surface area contributed by atoms with E-state index in [0.29, 0.717) is 18.8 Å². The SMILES string of the molecule is O=C(C1=C[C@H](c2ccsc2)C[C@H](OCc2ccc(CO)cc2)O1)N1CCCC1. The van der Waals surface area contributed by atoms with Crippen molar-refractivity contribution in [3.8, 4) is 0 Å². The fourth-order valence-corrected chi connectivity index (χ4v) is 4.36. The van der Waals surface area contributed by atoms with Crippen LogP contribution in [0.3, 0.4) is 0 Å². The van der Waals surface area contributed by atoms with Crippen molar-refractivity contribution >= 4 is 17.2 Å². The van der Waals surface area contributed by atoms with Gasteiger partial charge in [-0.05, 0) is 52.4 Å². The number of likely N-dealkylation sites (tertiary alicyclic amines) is 1. The zero-order chi connectivity index (χ0) is 19.3. The molecule has 2 aliphatic rings. The summed E-state index contributed by atoms with van der Waals surface area (Å²) in [5.74, 6) is 0.492. The second-order valence-corrected chi connectivity index (χ2v) is 8.04. The van der Waals surface area contributed by atoms with E-state index in [-0.39, 0.29) is 18.4 Å². The van der Waals surface area contributed by atoms with Gasteiger partial charge in [-0.1, -0.05) is 24.3 Å². The summed E-state index contributed by atoms with van der Waals surface area (Å²) >= 11 is 1.66. The van der Waals surface area contributed by atoms with Crippen LogP contribution in [0.1, 0.15) is 41.9 Å². The van der Waals surface area contributed by atoms with Crippen molar-refractivity contribution in [3.05, 3.63) is 69.6 Å². The highest BCUT2D eigenvalue weighted by atomic mass is 32.1. The van der Waals surface area contributed by atoms with Gasteiger partial charge in [0.05, 0.1) is 13.2 Å². The standard InChI is InChI=1S/C22H25NO4S/c24-13-16-3-5-17(6-4-16)14-26-21-12-19(18-7-10-28-15-18)11-20(27-21)22(25)23-8-1-2-9-23/h3-7,10-11,15,19,21,24H,1-2,8-9,12-14H2/t19-,21+/m0/s1. The number of rotatable bonds is 6. The quantitative estimate of drug-likeness (QED) is 0.803. The van der Waals surface area contributed by atoms with Gasteiger partial charge < -0.3 is 19.5 Å². The molecule has 0 spiro atoms. The number of hydrogen-bond donors (Lipinski definition) is 1. The number of carbonyl (C=O) groups excluding carboxylic acids is 1. The van der Waals surface area contributed by atoms with Gasteiger partial charge >= 0.3 is 0 Å². The van der Waals surface area contributed by atoms with Crippen molar-refractivity contribution in [2.45, 2.75) is 44.7 Å². The van der Waals surface area contributed by atoms with Gasteiger partial charge in [0, 0.05) is 25.4 Å². The lowest BCUT2D eigenvalue weighted by molar-refractivity contribution is -0.155. The highest BCUT2D eigenvalue weighted by molar-refractivity contribution is 7.08. The summed E-state index contributed by atoms with van der Waals surface area (Å²) in [5.41, 5.74) is 3.08. The van der Waals surface area contributed by atoms with E-state index in [1.54, 1.807) is 11.3 Å². The molecule has 148 valence electrons. The molecule has 2 aliphatic heterocycles. The van der Waals surface area contributed by atoms with Crippen molar-refractivity contribution in [3.63, 3.8) is 0 Å². The third kappa shape index (κ3) is 4.46. The van der Waals surface area contributed by atoms with Crippen molar-refractivity contribution in [1.29, 1.82) is 0 Å². The second-order valence-electron chi connectivity index (χ2n) is 7.26.